The highest BCUT2D eigenvalue weighted by Crippen LogP contribution is 2.28. The third-order valence-electron chi connectivity index (χ3n) is 5.67. The Kier molecular flexibility index (Phi) is 5.72. The standard InChI is InChI=1S/C22H31N5/c1-17-6-7-19(24-13-17)15-26(2)16-20-12-21-18(14-25-20)4-3-5-22(21)27-10-8-23-9-11-27/h3-7,13,20,23,25H,8-12,14-16H2,1-2H3/t20-/m1/s1. The van der Waals surface area contributed by atoms with Crippen molar-refractivity contribution in [1.82, 2.24) is 20.5 Å². The van der Waals surface area contributed by atoms with Crippen molar-refractivity contribution < 1.29 is 0 Å². The summed E-state index contributed by atoms with van der Waals surface area (Å²) in [5.74, 6) is 0. The first kappa shape index (κ1) is 18.4. The Bertz CT molecular complexity index is 752. The van der Waals surface area contributed by atoms with E-state index in [0.29, 0.717) is 6.04 Å². The van der Waals surface area contributed by atoms with Crippen LogP contribution in [0, 0.1) is 6.92 Å². The number of nitrogens with zero attached hydrogens (tertiary/aromatic N) is 3. The molecule has 0 saturated carbocycles. The number of hydrogen-bond donors (Lipinski definition) is 2. The zero-order valence-corrected chi connectivity index (χ0v) is 16.5. The molecule has 1 atom stereocenters. The summed E-state index contributed by atoms with van der Waals surface area (Å²) < 4.78 is 0. The monoisotopic (exact) mass is 365 g/mol. The van der Waals surface area contributed by atoms with E-state index in [1.165, 1.54) is 16.8 Å². The van der Waals surface area contributed by atoms with Crippen LogP contribution in [0.2, 0.25) is 0 Å². The molecule has 2 aliphatic heterocycles. The first-order valence-electron chi connectivity index (χ1n) is 10.1. The van der Waals surface area contributed by atoms with Crippen LogP contribution >= 0.6 is 0 Å². The van der Waals surface area contributed by atoms with E-state index in [9.17, 15) is 0 Å². The van der Waals surface area contributed by atoms with Crippen LogP contribution in [0.25, 0.3) is 0 Å². The maximum atomic E-state index is 4.55. The Labute approximate surface area is 162 Å². The van der Waals surface area contributed by atoms with Gasteiger partial charge in [0.2, 0.25) is 0 Å². The van der Waals surface area contributed by atoms with E-state index in [2.05, 4.69) is 69.7 Å². The predicted octanol–water partition coefficient (Wildman–Crippen LogP) is 1.95. The molecule has 1 aromatic heterocycles. The van der Waals surface area contributed by atoms with Crippen LogP contribution in [-0.2, 0) is 19.5 Å². The van der Waals surface area contributed by atoms with Gasteiger partial charge in [-0.2, -0.15) is 0 Å². The topological polar surface area (TPSA) is 43.4 Å². The summed E-state index contributed by atoms with van der Waals surface area (Å²) in [6, 6.07) is 11.6. The molecule has 1 saturated heterocycles. The minimum Gasteiger partial charge on any atom is -0.369 e. The predicted molar refractivity (Wildman–Crippen MR) is 111 cm³/mol. The van der Waals surface area contributed by atoms with Crippen LogP contribution in [0.1, 0.15) is 22.4 Å². The third-order valence-corrected chi connectivity index (χ3v) is 5.67. The maximum absolute atomic E-state index is 4.55. The Morgan fingerprint density at radius 1 is 1.19 bits per heavy atom. The van der Waals surface area contributed by atoms with Crippen molar-refractivity contribution in [2.75, 3.05) is 44.7 Å². The number of rotatable bonds is 5. The minimum absolute atomic E-state index is 0.483. The van der Waals surface area contributed by atoms with Gasteiger partial charge in [-0.3, -0.25) is 9.88 Å². The zero-order valence-electron chi connectivity index (χ0n) is 16.5. The number of anilines is 1. The smallest absolute Gasteiger partial charge is 0.0544 e. The van der Waals surface area contributed by atoms with Crippen molar-refractivity contribution in [2.45, 2.75) is 32.5 Å². The first-order chi connectivity index (χ1) is 13.2. The highest BCUT2D eigenvalue weighted by Gasteiger charge is 2.24. The number of fused-ring (bicyclic) bond motifs is 1. The highest BCUT2D eigenvalue weighted by atomic mass is 15.2. The number of benzene rings is 1. The molecule has 144 valence electrons. The molecule has 1 aromatic carbocycles. The van der Waals surface area contributed by atoms with Crippen LogP contribution in [-0.4, -0.2) is 55.7 Å². The molecule has 0 bridgehead atoms. The van der Waals surface area contributed by atoms with Gasteiger partial charge >= 0.3 is 0 Å². The summed E-state index contributed by atoms with van der Waals surface area (Å²) in [6.45, 7) is 9.35. The molecule has 0 radical (unpaired) electrons. The molecular weight excluding hydrogens is 334 g/mol. The Hall–Kier alpha value is -1.95. The van der Waals surface area contributed by atoms with Gasteiger partial charge in [-0.1, -0.05) is 18.2 Å². The van der Waals surface area contributed by atoms with Crippen LogP contribution in [0.3, 0.4) is 0 Å². The second-order valence-electron chi connectivity index (χ2n) is 7.96. The second kappa shape index (κ2) is 8.38. The average Bonchev–Trinajstić information content (AvgIpc) is 2.70. The quantitative estimate of drug-likeness (QED) is 0.848. The number of likely N-dealkylation sites (N-methyl/N-ethyl adjacent to an activating group) is 1. The Morgan fingerprint density at radius 3 is 2.81 bits per heavy atom. The molecule has 3 heterocycles. The summed E-state index contributed by atoms with van der Waals surface area (Å²) in [4.78, 5) is 9.48. The van der Waals surface area contributed by atoms with Crippen molar-refractivity contribution in [3.8, 4) is 0 Å². The van der Waals surface area contributed by atoms with Gasteiger partial charge in [0.1, 0.15) is 0 Å². The van der Waals surface area contributed by atoms with Crippen molar-refractivity contribution in [2.24, 2.45) is 0 Å². The van der Waals surface area contributed by atoms with E-state index in [1.807, 2.05) is 6.20 Å². The lowest BCUT2D eigenvalue weighted by Gasteiger charge is -2.36. The fourth-order valence-corrected chi connectivity index (χ4v) is 4.24. The largest absolute Gasteiger partial charge is 0.369 e. The normalized spacial score (nSPS) is 20.0. The SMILES string of the molecule is Cc1ccc(CN(C)C[C@H]2Cc3c(cccc3N3CCNCC3)CN2)nc1. The van der Waals surface area contributed by atoms with Gasteiger partial charge in [-0.25, -0.2) is 0 Å². The van der Waals surface area contributed by atoms with Gasteiger partial charge in [0.15, 0.2) is 0 Å². The van der Waals surface area contributed by atoms with Crippen molar-refractivity contribution >= 4 is 5.69 Å². The Morgan fingerprint density at radius 2 is 2.04 bits per heavy atom. The van der Waals surface area contributed by atoms with Crippen LogP contribution in [0.15, 0.2) is 36.5 Å². The van der Waals surface area contributed by atoms with Crippen molar-refractivity contribution in [3.05, 3.63) is 58.9 Å². The first-order valence-corrected chi connectivity index (χ1v) is 10.1. The van der Waals surface area contributed by atoms with Gasteiger partial charge in [0, 0.05) is 63.7 Å². The van der Waals surface area contributed by atoms with Crippen molar-refractivity contribution in [3.63, 3.8) is 0 Å². The fraction of sp³-hybridized carbons (Fsp3) is 0.500. The number of pyridine rings is 1. The summed E-state index contributed by atoms with van der Waals surface area (Å²) in [7, 11) is 2.20. The molecule has 2 aliphatic rings. The number of piperazine rings is 1. The lowest BCUT2D eigenvalue weighted by Crippen LogP contribution is -2.46. The molecule has 1 fully saturated rings. The summed E-state index contributed by atoms with van der Waals surface area (Å²) in [6.07, 6.45) is 3.05. The van der Waals surface area contributed by atoms with Gasteiger partial charge in [0.05, 0.1) is 5.69 Å². The van der Waals surface area contributed by atoms with E-state index >= 15 is 0 Å². The fourth-order valence-electron chi connectivity index (χ4n) is 4.24. The molecule has 5 nitrogen and oxygen atoms in total. The number of aryl methyl sites for hydroxylation is 1. The van der Waals surface area contributed by atoms with Crippen LogP contribution < -0.4 is 15.5 Å². The Balaban J connectivity index is 1.42. The van der Waals surface area contributed by atoms with Crippen molar-refractivity contribution in [1.29, 1.82) is 0 Å². The van der Waals surface area contributed by atoms with E-state index in [0.717, 1.165) is 57.9 Å². The van der Waals surface area contributed by atoms with E-state index in [-0.39, 0.29) is 0 Å². The van der Waals surface area contributed by atoms with Gasteiger partial charge < -0.3 is 15.5 Å². The average molecular weight is 366 g/mol. The molecule has 2 N–H and O–H groups in total. The summed E-state index contributed by atoms with van der Waals surface area (Å²) in [5, 5.41) is 7.20. The van der Waals surface area contributed by atoms with Gasteiger partial charge in [0.25, 0.3) is 0 Å². The summed E-state index contributed by atoms with van der Waals surface area (Å²) in [5.41, 5.74) is 6.81. The van der Waals surface area contributed by atoms with E-state index < -0.39 is 0 Å². The lowest BCUT2D eigenvalue weighted by molar-refractivity contribution is 0.271. The second-order valence-corrected chi connectivity index (χ2v) is 7.96. The molecule has 27 heavy (non-hydrogen) atoms. The summed E-state index contributed by atoms with van der Waals surface area (Å²) >= 11 is 0. The zero-order chi connectivity index (χ0) is 18.6. The minimum atomic E-state index is 0.483. The maximum Gasteiger partial charge on any atom is 0.0544 e. The molecule has 0 amide bonds. The van der Waals surface area contributed by atoms with Crippen LogP contribution in [0.5, 0.6) is 0 Å². The molecule has 2 aromatic rings. The third kappa shape index (κ3) is 4.49. The lowest BCUT2D eigenvalue weighted by atomic mass is 9.93. The molecule has 5 heteroatoms. The van der Waals surface area contributed by atoms with Gasteiger partial charge in [-0.05, 0) is 49.2 Å². The molecular formula is C22H31N5. The van der Waals surface area contributed by atoms with Gasteiger partial charge in [-0.15, -0.1) is 0 Å². The molecule has 4 rings (SSSR count). The molecule has 0 spiro atoms. The molecule has 0 unspecified atom stereocenters. The van der Waals surface area contributed by atoms with E-state index in [1.54, 1.807) is 5.56 Å². The van der Waals surface area contributed by atoms with E-state index in [4.69, 9.17) is 0 Å². The highest BCUT2D eigenvalue weighted by molar-refractivity contribution is 5.58. The molecule has 0 aliphatic carbocycles. The number of aromatic nitrogens is 1. The van der Waals surface area contributed by atoms with Crippen LogP contribution in [0.4, 0.5) is 5.69 Å². The number of nitrogens with one attached hydrogen (secondary N) is 2. The number of hydrogen-bond acceptors (Lipinski definition) is 5.